The highest BCUT2D eigenvalue weighted by Crippen LogP contribution is 2.34. The van der Waals surface area contributed by atoms with Crippen LogP contribution in [0.1, 0.15) is 24.0 Å². The molecule has 0 radical (unpaired) electrons. The molecule has 1 N–H and O–H groups in total. The first-order valence-electron chi connectivity index (χ1n) is 7.24. The number of methoxy groups -OCH3 is 1. The number of anilines is 1. The lowest BCUT2D eigenvalue weighted by Crippen LogP contribution is -2.18. The zero-order valence-corrected chi connectivity index (χ0v) is 13.2. The van der Waals surface area contributed by atoms with Crippen LogP contribution in [-0.2, 0) is 22.9 Å². The lowest BCUT2D eigenvalue weighted by molar-refractivity contribution is 0.405. The molecule has 0 aliphatic heterocycles. The Morgan fingerprint density at radius 3 is 2.55 bits per heavy atom. The van der Waals surface area contributed by atoms with Gasteiger partial charge in [0.05, 0.1) is 12.0 Å². The Morgan fingerprint density at radius 2 is 1.86 bits per heavy atom. The van der Waals surface area contributed by atoms with Crippen molar-refractivity contribution >= 4 is 15.8 Å². The van der Waals surface area contributed by atoms with Crippen molar-refractivity contribution in [2.24, 2.45) is 0 Å². The molecule has 6 heteroatoms. The standard InChI is InChI=1S/C16H18N2O3S/c1-21-14-9-10-15(13-7-3-2-6-12(13)14)22(19,20)18-16-8-4-5-11-17-16/h4-5,8-11H,2-3,6-7H2,1H3,(H,17,18). The van der Waals surface area contributed by atoms with Gasteiger partial charge >= 0.3 is 0 Å². The molecule has 1 heterocycles. The number of aromatic nitrogens is 1. The fraction of sp³-hybridized carbons (Fsp3) is 0.312. The van der Waals surface area contributed by atoms with Crippen molar-refractivity contribution in [3.8, 4) is 5.75 Å². The summed E-state index contributed by atoms with van der Waals surface area (Å²) in [6.45, 7) is 0. The van der Waals surface area contributed by atoms with Crippen molar-refractivity contribution < 1.29 is 13.2 Å². The molecule has 0 atom stereocenters. The van der Waals surface area contributed by atoms with Crippen molar-refractivity contribution in [1.82, 2.24) is 4.98 Å². The molecule has 0 saturated carbocycles. The summed E-state index contributed by atoms with van der Waals surface area (Å²) in [6, 6.07) is 8.47. The molecule has 22 heavy (non-hydrogen) atoms. The van der Waals surface area contributed by atoms with Crippen molar-refractivity contribution in [3.05, 3.63) is 47.7 Å². The van der Waals surface area contributed by atoms with E-state index in [0.717, 1.165) is 42.6 Å². The molecule has 2 aromatic rings. The van der Waals surface area contributed by atoms with Gasteiger partial charge in [0.15, 0.2) is 0 Å². The second-order valence-electron chi connectivity index (χ2n) is 5.25. The third-order valence-corrected chi connectivity index (χ3v) is 5.30. The Kier molecular flexibility index (Phi) is 4.02. The molecule has 1 aliphatic rings. The van der Waals surface area contributed by atoms with Gasteiger partial charge in [-0.1, -0.05) is 6.07 Å². The van der Waals surface area contributed by atoms with E-state index < -0.39 is 10.0 Å². The van der Waals surface area contributed by atoms with Gasteiger partial charge in [0, 0.05) is 6.20 Å². The number of nitrogens with zero attached hydrogens (tertiary/aromatic N) is 1. The molecular weight excluding hydrogens is 300 g/mol. The molecule has 0 spiro atoms. The lowest BCUT2D eigenvalue weighted by atomic mass is 9.91. The molecule has 0 amide bonds. The minimum atomic E-state index is -3.65. The highest BCUT2D eigenvalue weighted by Gasteiger charge is 2.25. The fourth-order valence-electron chi connectivity index (χ4n) is 2.86. The van der Waals surface area contributed by atoms with E-state index in [1.54, 1.807) is 43.6 Å². The summed E-state index contributed by atoms with van der Waals surface area (Å²) in [5, 5.41) is 0. The molecule has 0 unspecified atom stereocenters. The van der Waals surface area contributed by atoms with E-state index in [9.17, 15) is 8.42 Å². The maximum atomic E-state index is 12.7. The minimum absolute atomic E-state index is 0.322. The zero-order valence-electron chi connectivity index (χ0n) is 12.4. The maximum absolute atomic E-state index is 12.7. The molecule has 0 bridgehead atoms. The van der Waals surface area contributed by atoms with Crippen LogP contribution in [0.25, 0.3) is 0 Å². The van der Waals surface area contributed by atoms with Crippen molar-refractivity contribution in [2.75, 3.05) is 11.8 Å². The Labute approximate surface area is 130 Å². The van der Waals surface area contributed by atoms with Gasteiger partial charge < -0.3 is 4.74 Å². The number of fused-ring (bicyclic) bond motifs is 1. The second kappa shape index (κ2) is 5.96. The highest BCUT2D eigenvalue weighted by atomic mass is 32.2. The summed E-state index contributed by atoms with van der Waals surface area (Å²) < 4.78 is 33.3. The number of sulfonamides is 1. The first kappa shape index (κ1) is 14.8. The zero-order chi connectivity index (χ0) is 15.6. The minimum Gasteiger partial charge on any atom is -0.496 e. The van der Waals surface area contributed by atoms with Gasteiger partial charge in [-0.2, -0.15) is 0 Å². The monoisotopic (exact) mass is 318 g/mol. The summed E-state index contributed by atoms with van der Waals surface area (Å²) in [6.07, 6.45) is 5.21. The maximum Gasteiger partial charge on any atom is 0.263 e. The summed E-state index contributed by atoms with van der Waals surface area (Å²) >= 11 is 0. The van der Waals surface area contributed by atoms with Crippen molar-refractivity contribution in [3.63, 3.8) is 0 Å². The topological polar surface area (TPSA) is 68.3 Å². The highest BCUT2D eigenvalue weighted by molar-refractivity contribution is 7.92. The predicted octanol–water partition coefficient (Wildman–Crippen LogP) is 2.77. The number of nitrogens with one attached hydrogen (secondary N) is 1. The number of pyridine rings is 1. The van der Waals surface area contributed by atoms with E-state index in [2.05, 4.69) is 9.71 Å². The van der Waals surface area contributed by atoms with Gasteiger partial charge in [0.1, 0.15) is 11.6 Å². The molecule has 5 nitrogen and oxygen atoms in total. The molecule has 1 aromatic heterocycles. The van der Waals surface area contributed by atoms with E-state index in [-0.39, 0.29) is 0 Å². The van der Waals surface area contributed by atoms with Crippen LogP contribution in [0.2, 0.25) is 0 Å². The van der Waals surface area contributed by atoms with Crippen LogP contribution in [0, 0.1) is 0 Å². The fourth-order valence-corrected chi connectivity index (χ4v) is 4.16. The normalized spacial score (nSPS) is 14.2. The van der Waals surface area contributed by atoms with Crippen LogP contribution >= 0.6 is 0 Å². The number of rotatable bonds is 4. The Morgan fingerprint density at radius 1 is 1.09 bits per heavy atom. The quantitative estimate of drug-likeness (QED) is 0.941. The van der Waals surface area contributed by atoms with Gasteiger partial charge in [-0.25, -0.2) is 13.4 Å². The van der Waals surface area contributed by atoms with Gasteiger partial charge in [-0.05, 0) is 61.1 Å². The number of hydrogen-bond acceptors (Lipinski definition) is 4. The van der Waals surface area contributed by atoms with Crippen LogP contribution in [0.15, 0.2) is 41.4 Å². The van der Waals surface area contributed by atoms with Crippen molar-refractivity contribution in [1.29, 1.82) is 0 Å². The molecular formula is C16H18N2O3S. The Bertz CT molecular complexity index is 773. The lowest BCUT2D eigenvalue weighted by Gasteiger charge is -2.22. The van der Waals surface area contributed by atoms with E-state index in [0.29, 0.717) is 10.7 Å². The van der Waals surface area contributed by atoms with Crippen LogP contribution in [0.4, 0.5) is 5.82 Å². The molecule has 116 valence electrons. The largest absolute Gasteiger partial charge is 0.496 e. The Balaban J connectivity index is 2.04. The second-order valence-corrected chi connectivity index (χ2v) is 6.90. The van der Waals surface area contributed by atoms with Gasteiger partial charge in [0.25, 0.3) is 10.0 Å². The van der Waals surface area contributed by atoms with E-state index in [4.69, 9.17) is 4.74 Å². The SMILES string of the molecule is COc1ccc(S(=O)(=O)Nc2ccccn2)c2c1CCCC2. The average molecular weight is 318 g/mol. The summed E-state index contributed by atoms with van der Waals surface area (Å²) in [7, 11) is -2.03. The van der Waals surface area contributed by atoms with Gasteiger partial charge in [0.2, 0.25) is 0 Å². The van der Waals surface area contributed by atoms with Gasteiger partial charge in [-0.15, -0.1) is 0 Å². The van der Waals surface area contributed by atoms with Crippen LogP contribution in [0.5, 0.6) is 5.75 Å². The Hall–Kier alpha value is -2.08. The van der Waals surface area contributed by atoms with Crippen LogP contribution in [0.3, 0.4) is 0 Å². The molecule has 0 fully saturated rings. The third kappa shape index (κ3) is 2.78. The first-order valence-corrected chi connectivity index (χ1v) is 8.73. The molecule has 1 aliphatic carbocycles. The van der Waals surface area contributed by atoms with Crippen LogP contribution in [-0.4, -0.2) is 20.5 Å². The number of ether oxygens (including phenoxy) is 1. The van der Waals surface area contributed by atoms with E-state index in [1.165, 1.54) is 0 Å². The van der Waals surface area contributed by atoms with E-state index >= 15 is 0 Å². The average Bonchev–Trinajstić information content (AvgIpc) is 2.54. The summed E-state index contributed by atoms with van der Waals surface area (Å²) in [4.78, 5) is 4.35. The predicted molar refractivity (Wildman–Crippen MR) is 84.7 cm³/mol. The molecule has 3 rings (SSSR count). The van der Waals surface area contributed by atoms with Crippen LogP contribution < -0.4 is 9.46 Å². The van der Waals surface area contributed by atoms with E-state index in [1.807, 2.05) is 0 Å². The summed E-state index contributed by atoms with van der Waals surface area (Å²) in [5.74, 6) is 1.09. The smallest absolute Gasteiger partial charge is 0.263 e. The molecule has 0 saturated heterocycles. The molecule has 1 aromatic carbocycles. The number of hydrogen-bond donors (Lipinski definition) is 1. The third-order valence-electron chi connectivity index (χ3n) is 3.86. The number of benzene rings is 1. The van der Waals surface area contributed by atoms with Gasteiger partial charge in [-0.3, -0.25) is 4.72 Å². The van der Waals surface area contributed by atoms with Crippen molar-refractivity contribution in [2.45, 2.75) is 30.6 Å². The summed E-state index contributed by atoms with van der Waals surface area (Å²) in [5.41, 5.74) is 1.88. The first-order chi connectivity index (χ1) is 10.6.